The smallest absolute Gasteiger partial charge is 0.331 e. The number of hydrogen-bond donors (Lipinski definition) is 0. The Morgan fingerprint density at radius 2 is 2.15 bits per heavy atom. The maximum atomic E-state index is 12.5. The van der Waals surface area contributed by atoms with E-state index in [-0.39, 0.29) is 23.1 Å². The van der Waals surface area contributed by atoms with Gasteiger partial charge in [0.05, 0.1) is 30.9 Å². The van der Waals surface area contributed by atoms with Gasteiger partial charge in [0.25, 0.3) is 5.91 Å². The van der Waals surface area contributed by atoms with E-state index in [4.69, 9.17) is 27.9 Å². The molecule has 0 aromatic heterocycles. The Hall–Kier alpha value is -1.30. The zero-order valence-corrected chi connectivity index (χ0v) is 12.3. The summed E-state index contributed by atoms with van der Waals surface area (Å²) in [6.45, 7) is 0.759. The Kier molecular flexibility index (Phi) is 4.86. The van der Waals surface area contributed by atoms with Crippen LogP contribution in [0.25, 0.3) is 0 Å². The van der Waals surface area contributed by atoms with E-state index >= 15 is 0 Å². The van der Waals surface area contributed by atoms with E-state index in [1.165, 1.54) is 18.1 Å². The molecule has 0 aliphatic carbocycles. The minimum atomic E-state index is -0.767. The lowest BCUT2D eigenvalue weighted by Crippen LogP contribution is -2.53. The molecule has 1 saturated heterocycles. The van der Waals surface area contributed by atoms with Crippen LogP contribution in [0.5, 0.6) is 0 Å². The standard InChI is InChI=1S/C13H13Cl2NO4/c1-19-13(18)11-7-20-5-4-16(11)12(17)9-6-8(14)2-3-10(9)15/h2-3,6,11H,4-5,7H2,1H3. The third kappa shape index (κ3) is 3.06. The maximum absolute atomic E-state index is 12.5. The van der Waals surface area contributed by atoms with Crippen LogP contribution in [0.2, 0.25) is 10.0 Å². The molecule has 1 aliphatic rings. The van der Waals surface area contributed by atoms with E-state index in [2.05, 4.69) is 4.74 Å². The Bertz CT molecular complexity index is 535. The van der Waals surface area contributed by atoms with E-state index in [9.17, 15) is 9.59 Å². The van der Waals surface area contributed by atoms with Crippen molar-refractivity contribution in [2.45, 2.75) is 6.04 Å². The van der Waals surface area contributed by atoms with Crippen LogP contribution in [0.4, 0.5) is 0 Å². The van der Waals surface area contributed by atoms with Crippen LogP contribution in [0.15, 0.2) is 18.2 Å². The van der Waals surface area contributed by atoms with Gasteiger partial charge in [-0.15, -0.1) is 0 Å². The lowest BCUT2D eigenvalue weighted by Gasteiger charge is -2.33. The number of rotatable bonds is 2. The number of methoxy groups -OCH3 is 1. The van der Waals surface area contributed by atoms with E-state index < -0.39 is 12.0 Å². The molecule has 1 atom stereocenters. The second-order valence-corrected chi connectivity index (χ2v) is 5.08. The Balaban J connectivity index is 2.30. The molecular formula is C13H13Cl2NO4. The molecule has 1 aromatic rings. The average Bonchev–Trinajstić information content (AvgIpc) is 2.48. The third-order valence-corrected chi connectivity index (χ3v) is 3.59. The molecule has 2 rings (SSSR count). The first-order valence-corrected chi connectivity index (χ1v) is 6.71. The van der Waals surface area contributed by atoms with E-state index in [1.807, 2.05) is 0 Å². The molecule has 1 aliphatic heterocycles. The molecule has 1 amide bonds. The number of hydrogen-bond acceptors (Lipinski definition) is 4. The Morgan fingerprint density at radius 3 is 2.85 bits per heavy atom. The van der Waals surface area contributed by atoms with Crippen LogP contribution in [0.1, 0.15) is 10.4 Å². The molecule has 0 saturated carbocycles. The summed E-state index contributed by atoms with van der Waals surface area (Å²) in [7, 11) is 1.27. The topological polar surface area (TPSA) is 55.8 Å². The predicted octanol–water partition coefficient (Wildman–Crippen LogP) is 2.01. The summed E-state index contributed by atoms with van der Waals surface area (Å²) in [5, 5.41) is 0.690. The zero-order valence-electron chi connectivity index (χ0n) is 10.8. The molecular weight excluding hydrogens is 305 g/mol. The van der Waals surface area contributed by atoms with Gasteiger partial charge < -0.3 is 14.4 Å². The van der Waals surface area contributed by atoms with Crippen LogP contribution in [0, 0.1) is 0 Å². The summed E-state index contributed by atoms with van der Waals surface area (Å²) in [6, 6.07) is 3.86. The van der Waals surface area contributed by atoms with Crippen molar-refractivity contribution in [2.75, 3.05) is 26.9 Å². The fourth-order valence-electron chi connectivity index (χ4n) is 1.99. The molecule has 1 heterocycles. The molecule has 0 bridgehead atoms. The largest absolute Gasteiger partial charge is 0.467 e. The molecule has 0 radical (unpaired) electrons. The van der Waals surface area contributed by atoms with Gasteiger partial charge in [-0.3, -0.25) is 4.79 Å². The summed E-state index contributed by atoms with van der Waals surface area (Å²) in [5.41, 5.74) is 0.259. The second kappa shape index (κ2) is 6.43. The lowest BCUT2D eigenvalue weighted by molar-refractivity contribution is -0.151. The number of carbonyl (C=O) groups is 2. The molecule has 0 N–H and O–H groups in total. The number of amides is 1. The van der Waals surface area contributed by atoms with Crippen LogP contribution in [0.3, 0.4) is 0 Å². The summed E-state index contributed by atoms with van der Waals surface area (Å²) < 4.78 is 9.91. The highest BCUT2D eigenvalue weighted by molar-refractivity contribution is 6.35. The van der Waals surface area contributed by atoms with Crippen molar-refractivity contribution in [3.63, 3.8) is 0 Å². The summed E-state index contributed by atoms with van der Waals surface area (Å²) in [4.78, 5) is 25.6. The van der Waals surface area contributed by atoms with Crippen molar-refractivity contribution < 1.29 is 19.1 Å². The number of halogens is 2. The first-order valence-electron chi connectivity index (χ1n) is 5.96. The number of carbonyl (C=O) groups excluding carboxylic acids is 2. The van der Waals surface area contributed by atoms with Gasteiger partial charge in [-0.1, -0.05) is 23.2 Å². The minimum absolute atomic E-state index is 0.108. The van der Waals surface area contributed by atoms with Crippen molar-refractivity contribution >= 4 is 35.1 Å². The van der Waals surface area contributed by atoms with Gasteiger partial charge in [-0.25, -0.2) is 4.79 Å². The van der Waals surface area contributed by atoms with Gasteiger partial charge in [-0.2, -0.15) is 0 Å². The first kappa shape index (κ1) is 15.1. The molecule has 1 unspecified atom stereocenters. The molecule has 20 heavy (non-hydrogen) atoms. The number of morpholine rings is 1. The minimum Gasteiger partial charge on any atom is -0.467 e. The van der Waals surface area contributed by atoms with Gasteiger partial charge >= 0.3 is 5.97 Å². The van der Waals surface area contributed by atoms with Gasteiger partial charge in [0.1, 0.15) is 0 Å². The summed E-state index contributed by atoms with van der Waals surface area (Å²) >= 11 is 11.9. The Morgan fingerprint density at radius 1 is 1.40 bits per heavy atom. The fourth-order valence-corrected chi connectivity index (χ4v) is 2.36. The highest BCUT2D eigenvalue weighted by atomic mass is 35.5. The zero-order chi connectivity index (χ0) is 14.7. The van der Waals surface area contributed by atoms with Crippen molar-refractivity contribution in [1.82, 2.24) is 4.90 Å². The average molecular weight is 318 g/mol. The third-order valence-electron chi connectivity index (χ3n) is 3.02. The molecule has 5 nitrogen and oxygen atoms in total. The van der Waals surface area contributed by atoms with E-state index in [1.54, 1.807) is 12.1 Å². The van der Waals surface area contributed by atoms with Crippen molar-refractivity contribution in [3.8, 4) is 0 Å². The fraction of sp³-hybridized carbons (Fsp3) is 0.385. The van der Waals surface area contributed by atoms with Crippen LogP contribution >= 0.6 is 23.2 Å². The SMILES string of the molecule is COC(=O)C1COCCN1C(=O)c1cc(Cl)ccc1Cl. The number of nitrogens with zero attached hydrogens (tertiary/aromatic N) is 1. The van der Waals surface area contributed by atoms with Crippen LogP contribution in [-0.2, 0) is 14.3 Å². The Labute approximate surface area is 126 Å². The molecule has 1 fully saturated rings. The number of benzene rings is 1. The van der Waals surface area contributed by atoms with Gasteiger partial charge in [0.2, 0.25) is 0 Å². The highest BCUT2D eigenvalue weighted by Gasteiger charge is 2.34. The maximum Gasteiger partial charge on any atom is 0.331 e. The summed E-state index contributed by atoms with van der Waals surface area (Å²) in [5.74, 6) is -0.882. The molecule has 7 heteroatoms. The number of ether oxygens (including phenoxy) is 2. The van der Waals surface area contributed by atoms with E-state index in [0.717, 1.165) is 0 Å². The van der Waals surface area contributed by atoms with Crippen molar-refractivity contribution in [3.05, 3.63) is 33.8 Å². The monoisotopic (exact) mass is 317 g/mol. The van der Waals surface area contributed by atoms with Crippen molar-refractivity contribution in [2.24, 2.45) is 0 Å². The van der Waals surface area contributed by atoms with E-state index in [0.29, 0.717) is 18.2 Å². The van der Waals surface area contributed by atoms with Crippen molar-refractivity contribution in [1.29, 1.82) is 0 Å². The highest BCUT2D eigenvalue weighted by Crippen LogP contribution is 2.23. The molecule has 0 spiro atoms. The van der Waals surface area contributed by atoms with Gasteiger partial charge in [0, 0.05) is 11.6 Å². The second-order valence-electron chi connectivity index (χ2n) is 4.24. The molecule has 108 valence electrons. The predicted molar refractivity (Wildman–Crippen MR) is 74.1 cm³/mol. The van der Waals surface area contributed by atoms with Gasteiger partial charge in [0.15, 0.2) is 6.04 Å². The van der Waals surface area contributed by atoms with Crippen LogP contribution in [-0.4, -0.2) is 49.7 Å². The normalized spacial score (nSPS) is 18.8. The number of esters is 1. The quantitative estimate of drug-likeness (QED) is 0.783. The lowest BCUT2D eigenvalue weighted by atomic mass is 10.1. The molecule has 1 aromatic carbocycles. The summed E-state index contributed by atoms with van der Waals surface area (Å²) in [6.07, 6.45) is 0. The van der Waals surface area contributed by atoms with Crippen LogP contribution < -0.4 is 0 Å². The van der Waals surface area contributed by atoms with Gasteiger partial charge in [-0.05, 0) is 18.2 Å². The first-order chi connectivity index (χ1) is 9.54.